The molecule has 0 radical (unpaired) electrons. The highest BCUT2D eigenvalue weighted by atomic mass is 16.5. The van der Waals surface area contributed by atoms with Crippen molar-refractivity contribution in [1.29, 1.82) is 0 Å². The van der Waals surface area contributed by atoms with Crippen LogP contribution in [0.4, 0.5) is 0 Å². The van der Waals surface area contributed by atoms with Crippen molar-refractivity contribution in [3.8, 4) is 0 Å². The summed E-state index contributed by atoms with van der Waals surface area (Å²) in [6, 6.07) is 3.52. The van der Waals surface area contributed by atoms with Gasteiger partial charge in [0.25, 0.3) is 5.91 Å². The van der Waals surface area contributed by atoms with Crippen LogP contribution in [0.15, 0.2) is 22.7 Å². The van der Waals surface area contributed by atoms with Gasteiger partial charge in [0.05, 0.1) is 12.7 Å². The number of β-amino-alcohol motifs (C(OH)–C–C–N with tert-alkyl or cyclic N) is 1. The molecule has 0 saturated carbocycles. The smallest absolute Gasteiger partial charge is 0.289 e. The topological polar surface area (TPSA) is 93.6 Å². The summed E-state index contributed by atoms with van der Waals surface area (Å²) in [6.07, 6.45) is 2.98. The normalized spacial score (nSPS) is 21.1. The average molecular weight is 348 g/mol. The maximum atomic E-state index is 12.7. The number of aromatic nitrogens is 3. The number of aliphatic hydroxyl groups is 1. The minimum atomic E-state index is -1.19. The number of hydrogen-bond donors (Lipinski definition) is 1. The standard InChI is InChI=1S/C17H24N4O4/c1-12(2)21-9-15(18-19-21)17(23)7-4-8-20(11-17)16(22)14-6-5-13(25-14)10-24-3/h5-6,9,12,23H,4,7-8,10-11H2,1-3H3. The molecular formula is C17H24N4O4. The molecule has 1 aliphatic heterocycles. The SMILES string of the molecule is COCc1ccc(C(=O)N2CCCC(O)(c3cn(C(C)C)nn3)C2)o1. The number of furan rings is 1. The van der Waals surface area contributed by atoms with Gasteiger partial charge in [-0.1, -0.05) is 5.21 Å². The van der Waals surface area contributed by atoms with E-state index in [0.29, 0.717) is 37.4 Å². The van der Waals surface area contributed by atoms with E-state index in [-0.39, 0.29) is 24.3 Å². The zero-order chi connectivity index (χ0) is 18.0. The van der Waals surface area contributed by atoms with Crippen molar-refractivity contribution in [3.05, 3.63) is 35.5 Å². The van der Waals surface area contributed by atoms with Crippen LogP contribution in [-0.2, 0) is 16.9 Å². The maximum absolute atomic E-state index is 12.7. The largest absolute Gasteiger partial charge is 0.453 e. The van der Waals surface area contributed by atoms with Gasteiger partial charge in [-0.2, -0.15) is 0 Å². The van der Waals surface area contributed by atoms with Gasteiger partial charge in [0.2, 0.25) is 0 Å². The molecule has 1 fully saturated rings. The number of nitrogens with zero attached hydrogens (tertiary/aromatic N) is 4. The van der Waals surface area contributed by atoms with Crippen molar-refractivity contribution < 1.29 is 19.1 Å². The average Bonchev–Trinajstić information content (AvgIpc) is 3.24. The summed E-state index contributed by atoms with van der Waals surface area (Å²) in [7, 11) is 1.57. The Kier molecular flexibility index (Phi) is 4.91. The first kappa shape index (κ1) is 17.6. The molecular weight excluding hydrogens is 324 g/mol. The molecule has 1 amide bonds. The summed E-state index contributed by atoms with van der Waals surface area (Å²) in [6.45, 7) is 5.04. The zero-order valence-corrected chi connectivity index (χ0v) is 14.8. The number of ether oxygens (including phenoxy) is 1. The first-order chi connectivity index (χ1) is 11.9. The van der Waals surface area contributed by atoms with Crippen LogP contribution in [0.25, 0.3) is 0 Å². The monoisotopic (exact) mass is 348 g/mol. The fourth-order valence-corrected chi connectivity index (χ4v) is 3.03. The molecule has 1 atom stereocenters. The zero-order valence-electron chi connectivity index (χ0n) is 14.8. The van der Waals surface area contributed by atoms with Crippen molar-refractivity contribution in [1.82, 2.24) is 19.9 Å². The van der Waals surface area contributed by atoms with Crippen molar-refractivity contribution in [2.75, 3.05) is 20.2 Å². The van der Waals surface area contributed by atoms with Crippen molar-refractivity contribution in [2.45, 2.75) is 44.9 Å². The lowest BCUT2D eigenvalue weighted by Gasteiger charge is -2.37. The molecule has 0 bridgehead atoms. The van der Waals surface area contributed by atoms with E-state index in [1.807, 2.05) is 13.8 Å². The Morgan fingerprint density at radius 3 is 2.96 bits per heavy atom. The Bertz CT molecular complexity index is 739. The number of carbonyl (C=O) groups is 1. The summed E-state index contributed by atoms with van der Waals surface area (Å²) in [5.41, 5.74) is -0.693. The van der Waals surface area contributed by atoms with E-state index >= 15 is 0 Å². The minimum Gasteiger partial charge on any atom is -0.453 e. The van der Waals surface area contributed by atoms with Crippen LogP contribution >= 0.6 is 0 Å². The molecule has 8 heteroatoms. The van der Waals surface area contributed by atoms with E-state index in [1.165, 1.54) is 0 Å². The number of methoxy groups -OCH3 is 1. The molecule has 2 aromatic rings. The number of hydrogen-bond acceptors (Lipinski definition) is 6. The van der Waals surface area contributed by atoms with Gasteiger partial charge < -0.3 is 19.2 Å². The fraction of sp³-hybridized carbons (Fsp3) is 0.588. The van der Waals surface area contributed by atoms with Gasteiger partial charge in [0.15, 0.2) is 5.76 Å². The molecule has 1 unspecified atom stereocenters. The van der Waals surface area contributed by atoms with Gasteiger partial charge in [-0.05, 0) is 38.8 Å². The van der Waals surface area contributed by atoms with E-state index in [0.717, 1.165) is 0 Å². The number of amides is 1. The lowest BCUT2D eigenvalue weighted by molar-refractivity contribution is -0.0328. The quantitative estimate of drug-likeness (QED) is 0.884. The highest BCUT2D eigenvalue weighted by Gasteiger charge is 2.40. The van der Waals surface area contributed by atoms with Crippen LogP contribution in [0.2, 0.25) is 0 Å². The molecule has 2 aromatic heterocycles. The third-order valence-corrected chi connectivity index (χ3v) is 4.43. The maximum Gasteiger partial charge on any atom is 0.289 e. The summed E-state index contributed by atoms with van der Waals surface area (Å²) >= 11 is 0. The van der Waals surface area contributed by atoms with E-state index < -0.39 is 5.60 Å². The molecule has 25 heavy (non-hydrogen) atoms. The van der Waals surface area contributed by atoms with Crippen LogP contribution in [-0.4, -0.2) is 51.1 Å². The van der Waals surface area contributed by atoms with Crippen molar-refractivity contribution >= 4 is 5.91 Å². The molecule has 0 aliphatic carbocycles. The van der Waals surface area contributed by atoms with Crippen molar-refractivity contribution in [3.63, 3.8) is 0 Å². The Labute approximate surface area is 146 Å². The van der Waals surface area contributed by atoms with Gasteiger partial charge in [-0.25, -0.2) is 4.68 Å². The molecule has 3 rings (SSSR count). The predicted molar refractivity (Wildman–Crippen MR) is 88.9 cm³/mol. The third-order valence-electron chi connectivity index (χ3n) is 4.43. The number of rotatable bonds is 5. The van der Waals surface area contributed by atoms with Crippen LogP contribution in [0.3, 0.4) is 0 Å². The fourth-order valence-electron chi connectivity index (χ4n) is 3.03. The third kappa shape index (κ3) is 3.59. The molecule has 136 valence electrons. The second-order valence-electron chi connectivity index (χ2n) is 6.74. The molecule has 0 aromatic carbocycles. The Hall–Kier alpha value is -2.19. The first-order valence-electron chi connectivity index (χ1n) is 8.44. The number of likely N-dealkylation sites (tertiary alicyclic amines) is 1. The molecule has 8 nitrogen and oxygen atoms in total. The van der Waals surface area contributed by atoms with Crippen LogP contribution < -0.4 is 0 Å². The highest BCUT2D eigenvalue weighted by molar-refractivity contribution is 5.91. The predicted octanol–water partition coefficient (Wildman–Crippen LogP) is 1.72. The second kappa shape index (κ2) is 6.97. The molecule has 3 heterocycles. The summed E-state index contributed by atoms with van der Waals surface area (Å²) in [5, 5.41) is 19.2. The summed E-state index contributed by atoms with van der Waals surface area (Å²) in [4.78, 5) is 14.3. The van der Waals surface area contributed by atoms with Crippen LogP contribution in [0.1, 0.15) is 54.7 Å². The van der Waals surface area contributed by atoms with Crippen molar-refractivity contribution in [2.24, 2.45) is 0 Å². The molecule has 0 spiro atoms. The molecule has 1 saturated heterocycles. The molecule has 1 aliphatic rings. The van der Waals surface area contributed by atoms with E-state index in [2.05, 4.69) is 10.3 Å². The van der Waals surface area contributed by atoms with Gasteiger partial charge in [-0.15, -0.1) is 5.10 Å². The van der Waals surface area contributed by atoms with Gasteiger partial charge in [0.1, 0.15) is 23.7 Å². The van der Waals surface area contributed by atoms with Gasteiger partial charge >= 0.3 is 0 Å². The Morgan fingerprint density at radius 1 is 1.48 bits per heavy atom. The number of carbonyl (C=O) groups excluding carboxylic acids is 1. The Morgan fingerprint density at radius 2 is 2.28 bits per heavy atom. The van der Waals surface area contributed by atoms with Gasteiger partial charge in [-0.3, -0.25) is 4.79 Å². The van der Waals surface area contributed by atoms with E-state index in [1.54, 1.807) is 35.0 Å². The summed E-state index contributed by atoms with van der Waals surface area (Å²) < 4.78 is 12.2. The van der Waals surface area contributed by atoms with Crippen LogP contribution in [0.5, 0.6) is 0 Å². The van der Waals surface area contributed by atoms with Crippen LogP contribution in [0, 0.1) is 0 Å². The lowest BCUT2D eigenvalue weighted by atomic mass is 9.90. The second-order valence-corrected chi connectivity index (χ2v) is 6.74. The number of piperidine rings is 1. The van der Waals surface area contributed by atoms with Gasteiger partial charge in [0, 0.05) is 19.7 Å². The minimum absolute atomic E-state index is 0.161. The Balaban J connectivity index is 1.75. The highest BCUT2D eigenvalue weighted by Crippen LogP contribution is 2.31. The lowest BCUT2D eigenvalue weighted by Crippen LogP contribution is -2.48. The van der Waals surface area contributed by atoms with E-state index in [9.17, 15) is 9.90 Å². The summed E-state index contributed by atoms with van der Waals surface area (Å²) in [5.74, 6) is 0.608. The van der Waals surface area contributed by atoms with E-state index in [4.69, 9.17) is 9.15 Å². The first-order valence-corrected chi connectivity index (χ1v) is 8.44. The molecule has 1 N–H and O–H groups in total.